The molecule has 0 aliphatic heterocycles. The van der Waals surface area contributed by atoms with Crippen LogP contribution in [0.3, 0.4) is 0 Å². The lowest BCUT2D eigenvalue weighted by molar-refractivity contribution is -0.130. The number of hydrogen-bond donors (Lipinski definition) is 1. The average molecular weight is 689 g/mol. The van der Waals surface area contributed by atoms with Gasteiger partial charge in [-0.15, -0.1) is 0 Å². The van der Waals surface area contributed by atoms with Gasteiger partial charge < -0.3 is 14.0 Å². The third-order valence-corrected chi connectivity index (χ3v) is 20.6. The fourth-order valence-electron chi connectivity index (χ4n) is 5.82. The summed E-state index contributed by atoms with van der Waals surface area (Å²) in [5.41, 5.74) is 4.56. The second-order valence-corrected chi connectivity index (χ2v) is 28.2. The molecule has 0 aromatic heterocycles. The Balaban J connectivity index is 3.11. The van der Waals surface area contributed by atoms with E-state index in [9.17, 15) is 9.90 Å². The number of aliphatic hydroxyl groups is 1. The second kappa shape index (κ2) is 17.2. The predicted octanol–water partition coefficient (Wildman–Crippen LogP) is 12.1. The van der Waals surface area contributed by atoms with Crippen LogP contribution in [0.2, 0.25) is 36.3 Å². The Kier molecular flexibility index (Phi) is 16.1. The average Bonchev–Trinajstić information content (AvgIpc) is 3.33. The third kappa shape index (κ3) is 13.3. The molecule has 2 unspecified atom stereocenters. The summed E-state index contributed by atoms with van der Waals surface area (Å²) < 4.78 is 14.0. The quantitative estimate of drug-likeness (QED) is 0.115. The highest BCUT2D eigenvalue weighted by Crippen LogP contribution is 2.43. The van der Waals surface area contributed by atoms with Crippen molar-refractivity contribution < 1.29 is 18.8 Å². The lowest BCUT2D eigenvalue weighted by Gasteiger charge is -2.45. The van der Waals surface area contributed by atoms with Crippen molar-refractivity contribution in [2.45, 2.75) is 190 Å². The molecule has 0 radical (unpaired) electrons. The monoisotopic (exact) mass is 689 g/mol. The fraction of sp³-hybridized carbons (Fsp3) is 0.780. The van der Waals surface area contributed by atoms with E-state index in [2.05, 4.69) is 141 Å². The third-order valence-electron chi connectivity index (χ3n) is 11.6. The van der Waals surface area contributed by atoms with Crippen molar-refractivity contribution in [3.05, 3.63) is 46.6 Å². The van der Waals surface area contributed by atoms with Gasteiger partial charge in [-0.3, -0.25) is 4.79 Å². The molecule has 0 saturated heterocycles. The van der Waals surface area contributed by atoms with Crippen LogP contribution in [0.5, 0.6) is 0 Å². The molecular formula is C41H76O4Si2. The standard InChI is InChI=1S/C41H76O4Si2/c1-19-37(44-46(15,16)39(7,8)9)41(13,14)28-36(43)33(6)38(45-47(17,18)40(10,11)12)31(4)23-20-29(2)22-25-35(42)32(5)27-34-24-21-30(3)26-34/h22,24,26-27,31,33,35,37-38,42H,19-21,23,25,28H2,1-18H3/b29-22+,32-27-/t31?,33-,35?,37-,38-/m0/s1. The number of Topliss-reactive ketones (excluding diaryl/α,β-unsaturated/α-hetero) is 1. The van der Waals surface area contributed by atoms with E-state index < -0.39 is 22.7 Å². The van der Waals surface area contributed by atoms with E-state index in [1.807, 2.05) is 6.92 Å². The molecule has 0 heterocycles. The minimum absolute atomic E-state index is 0.0359. The molecule has 4 nitrogen and oxygen atoms in total. The first kappa shape index (κ1) is 44.0. The van der Waals surface area contributed by atoms with E-state index >= 15 is 0 Å². The second-order valence-electron chi connectivity index (χ2n) is 18.6. The molecule has 1 rings (SSSR count). The van der Waals surface area contributed by atoms with Gasteiger partial charge >= 0.3 is 0 Å². The van der Waals surface area contributed by atoms with Crippen LogP contribution in [0.4, 0.5) is 0 Å². The molecule has 1 aliphatic rings. The van der Waals surface area contributed by atoms with Crippen molar-refractivity contribution >= 4 is 22.4 Å². The summed E-state index contributed by atoms with van der Waals surface area (Å²) in [4.78, 5) is 14.2. The van der Waals surface area contributed by atoms with Gasteiger partial charge in [0, 0.05) is 12.3 Å². The number of carbonyl (C=O) groups excluding carboxylic acids is 1. The molecule has 272 valence electrons. The Morgan fingerprint density at radius 1 is 0.957 bits per heavy atom. The molecule has 0 bridgehead atoms. The Morgan fingerprint density at radius 3 is 1.96 bits per heavy atom. The van der Waals surface area contributed by atoms with Gasteiger partial charge in [0.25, 0.3) is 0 Å². The Morgan fingerprint density at radius 2 is 1.49 bits per heavy atom. The molecule has 0 saturated carbocycles. The Bertz CT molecular complexity index is 1160. The molecule has 5 atom stereocenters. The highest BCUT2D eigenvalue weighted by Gasteiger charge is 2.45. The summed E-state index contributed by atoms with van der Waals surface area (Å²) in [5, 5.41) is 11.0. The first-order valence-electron chi connectivity index (χ1n) is 18.4. The molecule has 0 aromatic rings. The van der Waals surface area contributed by atoms with E-state index in [0.717, 1.165) is 31.3 Å². The van der Waals surface area contributed by atoms with Gasteiger partial charge in [-0.1, -0.05) is 112 Å². The van der Waals surface area contributed by atoms with Crippen LogP contribution in [0, 0.1) is 17.3 Å². The fourth-order valence-corrected chi connectivity index (χ4v) is 8.85. The van der Waals surface area contributed by atoms with Crippen molar-refractivity contribution in [2.24, 2.45) is 17.3 Å². The van der Waals surface area contributed by atoms with Crippen molar-refractivity contribution in [1.29, 1.82) is 0 Å². The van der Waals surface area contributed by atoms with Gasteiger partial charge in [0.15, 0.2) is 16.6 Å². The van der Waals surface area contributed by atoms with Crippen LogP contribution in [-0.2, 0) is 13.6 Å². The van der Waals surface area contributed by atoms with Gasteiger partial charge in [0.1, 0.15) is 5.78 Å². The van der Waals surface area contributed by atoms with Gasteiger partial charge in [0.05, 0.1) is 18.3 Å². The van der Waals surface area contributed by atoms with Crippen molar-refractivity contribution in [2.75, 3.05) is 0 Å². The van der Waals surface area contributed by atoms with Crippen molar-refractivity contribution in [1.82, 2.24) is 0 Å². The van der Waals surface area contributed by atoms with Crippen LogP contribution in [0.1, 0.15) is 135 Å². The minimum atomic E-state index is -2.13. The molecule has 0 fully saturated rings. The highest BCUT2D eigenvalue weighted by atomic mass is 28.4. The minimum Gasteiger partial charge on any atom is -0.413 e. The number of ketones is 1. The van der Waals surface area contributed by atoms with Gasteiger partial charge in [-0.2, -0.15) is 0 Å². The van der Waals surface area contributed by atoms with E-state index in [-0.39, 0.29) is 45.3 Å². The molecule has 0 spiro atoms. The van der Waals surface area contributed by atoms with Crippen LogP contribution < -0.4 is 0 Å². The van der Waals surface area contributed by atoms with E-state index in [0.29, 0.717) is 12.8 Å². The topological polar surface area (TPSA) is 55.8 Å². The number of allylic oxidation sites excluding steroid dienone is 6. The van der Waals surface area contributed by atoms with E-state index in [1.54, 1.807) is 0 Å². The van der Waals surface area contributed by atoms with Gasteiger partial charge in [-0.25, -0.2) is 0 Å². The van der Waals surface area contributed by atoms with Crippen LogP contribution in [-0.4, -0.2) is 45.8 Å². The molecule has 47 heavy (non-hydrogen) atoms. The van der Waals surface area contributed by atoms with Crippen LogP contribution in [0.25, 0.3) is 0 Å². The Hall–Kier alpha value is -1.06. The SMILES string of the molecule is CC[C@H](O[Si](C)(C)C(C)(C)C)C(C)(C)CC(=O)[C@H](C)[C@@H](O[Si](C)(C)C(C)(C)C)C(C)CC/C(C)=C/CC(O)/C(C)=C\C1=CCC(C)=C1. The molecule has 0 aromatic carbocycles. The zero-order valence-corrected chi connectivity index (χ0v) is 36.1. The Labute approximate surface area is 294 Å². The largest absolute Gasteiger partial charge is 0.413 e. The molecule has 6 heteroatoms. The van der Waals surface area contributed by atoms with Crippen molar-refractivity contribution in [3.8, 4) is 0 Å². The summed E-state index contributed by atoms with van der Waals surface area (Å²) in [5.74, 6) is 0.295. The summed E-state index contributed by atoms with van der Waals surface area (Å²) >= 11 is 0. The molecule has 0 amide bonds. The normalized spacial score (nSPS) is 19.2. The van der Waals surface area contributed by atoms with Crippen LogP contribution >= 0.6 is 0 Å². The zero-order valence-electron chi connectivity index (χ0n) is 34.1. The lowest BCUT2D eigenvalue weighted by Crippen LogP contribution is -2.50. The summed E-state index contributed by atoms with van der Waals surface area (Å²) in [7, 11) is -4.11. The number of aliphatic hydroxyl groups excluding tert-OH is 1. The first-order chi connectivity index (χ1) is 21.1. The van der Waals surface area contributed by atoms with E-state index in [4.69, 9.17) is 8.85 Å². The number of rotatable bonds is 18. The maximum Gasteiger partial charge on any atom is 0.192 e. The van der Waals surface area contributed by atoms with Crippen molar-refractivity contribution in [3.63, 3.8) is 0 Å². The number of carbonyl (C=O) groups is 1. The molecule has 1 aliphatic carbocycles. The summed E-state index contributed by atoms with van der Waals surface area (Å²) in [6.45, 7) is 40.2. The predicted molar refractivity (Wildman–Crippen MR) is 210 cm³/mol. The van der Waals surface area contributed by atoms with Gasteiger partial charge in [0.2, 0.25) is 0 Å². The summed E-state index contributed by atoms with van der Waals surface area (Å²) in [6.07, 6.45) is 13.0. The zero-order chi connectivity index (χ0) is 36.8. The summed E-state index contributed by atoms with van der Waals surface area (Å²) in [6, 6.07) is 0. The van der Waals surface area contributed by atoms with E-state index in [1.165, 1.54) is 16.7 Å². The highest BCUT2D eigenvalue weighted by molar-refractivity contribution is 6.74. The maximum absolute atomic E-state index is 14.2. The smallest absolute Gasteiger partial charge is 0.192 e. The van der Waals surface area contributed by atoms with Gasteiger partial charge in [-0.05, 0) is 112 Å². The first-order valence-corrected chi connectivity index (χ1v) is 24.2. The maximum atomic E-state index is 14.2. The van der Waals surface area contributed by atoms with Crippen LogP contribution in [0.15, 0.2) is 46.6 Å². The number of hydrogen-bond acceptors (Lipinski definition) is 4. The molecular weight excluding hydrogens is 613 g/mol. The molecule has 1 N–H and O–H groups in total. The lowest BCUT2D eigenvalue weighted by atomic mass is 9.76.